The summed E-state index contributed by atoms with van der Waals surface area (Å²) in [7, 11) is 0. The lowest BCUT2D eigenvalue weighted by Crippen LogP contribution is -2.35. The molecule has 1 aliphatic rings. The van der Waals surface area contributed by atoms with Crippen molar-refractivity contribution in [3.05, 3.63) is 34.3 Å². The van der Waals surface area contributed by atoms with E-state index in [4.69, 9.17) is 4.74 Å². The van der Waals surface area contributed by atoms with E-state index in [1.54, 1.807) is 0 Å². The van der Waals surface area contributed by atoms with Crippen LogP contribution in [0.3, 0.4) is 0 Å². The minimum Gasteiger partial charge on any atom is -0.368 e. The van der Waals surface area contributed by atoms with Gasteiger partial charge >= 0.3 is 0 Å². The van der Waals surface area contributed by atoms with Crippen molar-refractivity contribution in [3.8, 4) is 0 Å². The summed E-state index contributed by atoms with van der Waals surface area (Å²) in [6, 6.07) is 8.14. The van der Waals surface area contributed by atoms with E-state index in [1.165, 1.54) is 5.56 Å². The molecular formula is C13H16BrNO2. The summed E-state index contributed by atoms with van der Waals surface area (Å²) in [5.41, 5.74) is 1.22. The second-order valence-electron chi connectivity index (χ2n) is 4.17. The Morgan fingerprint density at radius 2 is 2.18 bits per heavy atom. The van der Waals surface area contributed by atoms with Gasteiger partial charge in [-0.3, -0.25) is 4.79 Å². The van der Waals surface area contributed by atoms with E-state index in [0.29, 0.717) is 13.2 Å². The summed E-state index contributed by atoms with van der Waals surface area (Å²) in [6.45, 7) is 1.38. The maximum absolute atomic E-state index is 11.6. The number of halogens is 1. The quantitative estimate of drug-likeness (QED) is 0.926. The standard InChI is InChI=1S/C13H16BrNO2/c14-11-5-3-10(4-6-11)7-8-15-13(16)12-2-1-9-17-12/h3-6,12H,1-2,7-9H2,(H,15,16). The van der Waals surface area contributed by atoms with Gasteiger partial charge in [-0.15, -0.1) is 0 Å². The highest BCUT2D eigenvalue weighted by Gasteiger charge is 2.22. The number of carbonyl (C=O) groups excluding carboxylic acids is 1. The van der Waals surface area contributed by atoms with Crippen LogP contribution in [0.15, 0.2) is 28.7 Å². The van der Waals surface area contributed by atoms with Crippen LogP contribution in [0.2, 0.25) is 0 Å². The molecule has 1 fully saturated rings. The van der Waals surface area contributed by atoms with Gasteiger partial charge in [0.1, 0.15) is 6.10 Å². The Hall–Kier alpha value is -0.870. The second-order valence-corrected chi connectivity index (χ2v) is 5.08. The first-order valence-corrected chi connectivity index (χ1v) is 6.69. The lowest BCUT2D eigenvalue weighted by molar-refractivity contribution is -0.129. The molecule has 0 aromatic heterocycles. The summed E-state index contributed by atoms with van der Waals surface area (Å²) >= 11 is 3.40. The third kappa shape index (κ3) is 3.82. The highest BCUT2D eigenvalue weighted by atomic mass is 79.9. The van der Waals surface area contributed by atoms with Gasteiger partial charge in [-0.1, -0.05) is 28.1 Å². The van der Waals surface area contributed by atoms with E-state index in [2.05, 4.69) is 33.4 Å². The Kier molecular flexibility index (Phi) is 4.57. The molecule has 17 heavy (non-hydrogen) atoms. The van der Waals surface area contributed by atoms with Crippen molar-refractivity contribution >= 4 is 21.8 Å². The van der Waals surface area contributed by atoms with Crippen molar-refractivity contribution in [1.82, 2.24) is 5.32 Å². The van der Waals surface area contributed by atoms with E-state index in [0.717, 1.165) is 23.7 Å². The average molecular weight is 298 g/mol. The van der Waals surface area contributed by atoms with Crippen LogP contribution in [0.1, 0.15) is 18.4 Å². The van der Waals surface area contributed by atoms with Crippen LogP contribution in [-0.4, -0.2) is 25.2 Å². The molecule has 1 aromatic rings. The van der Waals surface area contributed by atoms with E-state index >= 15 is 0 Å². The molecule has 1 heterocycles. The lowest BCUT2D eigenvalue weighted by atomic mass is 10.1. The fraction of sp³-hybridized carbons (Fsp3) is 0.462. The molecule has 0 spiro atoms. The van der Waals surface area contributed by atoms with Crippen LogP contribution in [-0.2, 0) is 16.0 Å². The Balaban J connectivity index is 1.72. The molecule has 1 aromatic carbocycles. The van der Waals surface area contributed by atoms with Crippen LogP contribution in [0.4, 0.5) is 0 Å². The first kappa shape index (κ1) is 12.6. The van der Waals surface area contributed by atoms with Crippen molar-refractivity contribution in [1.29, 1.82) is 0 Å². The van der Waals surface area contributed by atoms with Gasteiger partial charge in [-0.05, 0) is 37.0 Å². The van der Waals surface area contributed by atoms with Crippen molar-refractivity contribution < 1.29 is 9.53 Å². The minimum atomic E-state index is -0.222. The Bertz CT molecular complexity index is 372. The fourth-order valence-corrected chi connectivity index (χ4v) is 2.14. The highest BCUT2D eigenvalue weighted by Crippen LogP contribution is 2.12. The van der Waals surface area contributed by atoms with Crippen molar-refractivity contribution in [2.24, 2.45) is 0 Å². The number of ether oxygens (including phenoxy) is 1. The second kappa shape index (κ2) is 6.17. The van der Waals surface area contributed by atoms with E-state index in [-0.39, 0.29) is 12.0 Å². The monoisotopic (exact) mass is 297 g/mol. The van der Waals surface area contributed by atoms with E-state index in [1.807, 2.05) is 12.1 Å². The first-order chi connectivity index (χ1) is 8.25. The van der Waals surface area contributed by atoms with Crippen LogP contribution >= 0.6 is 15.9 Å². The molecule has 0 aliphatic carbocycles. The Morgan fingerprint density at radius 1 is 1.41 bits per heavy atom. The van der Waals surface area contributed by atoms with E-state index < -0.39 is 0 Å². The molecular weight excluding hydrogens is 282 g/mol. The third-order valence-electron chi connectivity index (χ3n) is 2.85. The van der Waals surface area contributed by atoms with Gasteiger partial charge in [0, 0.05) is 17.6 Å². The van der Waals surface area contributed by atoms with Crippen molar-refractivity contribution in [2.75, 3.05) is 13.2 Å². The predicted molar refractivity (Wildman–Crippen MR) is 69.8 cm³/mol. The third-order valence-corrected chi connectivity index (χ3v) is 3.38. The zero-order valence-corrected chi connectivity index (χ0v) is 11.2. The fourth-order valence-electron chi connectivity index (χ4n) is 1.88. The van der Waals surface area contributed by atoms with Gasteiger partial charge in [0.2, 0.25) is 5.91 Å². The molecule has 1 N–H and O–H groups in total. The largest absolute Gasteiger partial charge is 0.368 e. The molecule has 0 saturated carbocycles. The number of hydrogen-bond acceptors (Lipinski definition) is 2. The Morgan fingerprint density at radius 3 is 2.82 bits per heavy atom. The molecule has 1 unspecified atom stereocenters. The molecule has 4 heteroatoms. The normalized spacial score (nSPS) is 19.2. The number of benzene rings is 1. The number of hydrogen-bond donors (Lipinski definition) is 1. The summed E-state index contributed by atoms with van der Waals surface area (Å²) in [4.78, 5) is 11.6. The van der Waals surface area contributed by atoms with Crippen molar-refractivity contribution in [2.45, 2.75) is 25.4 Å². The zero-order valence-electron chi connectivity index (χ0n) is 9.62. The SMILES string of the molecule is O=C(NCCc1ccc(Br)cc1)C1CCCO1. The van der Waals surface area contributed by atoms with Crippen LogP contribution in [0.5, 0.6) is 0 Å². The number of carbonyl (C=O) groups is 1. The highest BCUT2D eigenvalue weighted by molar-refractivity contribution is 9.10. The van der Waals surface area contributed by atoms with Gasteiger partial charge in [0.15, 0.2) is 0 Å². The van der Waals surface area contributed by atoms with Gasteiger partial charge in [0.25, 0.3) is 0 Å². The molecule has 2 rings (SSSR count). The van der Waals surface area contributed by atoms with Gasteiger partial charge in [0.05, 0.1) is 0 Å². The smallest absolute Gasteiger partial charge is 0.249 e. The lowest BCUT2D eigenvalue weighted by Gasteiger charge is -2.10. The molecule has 3 nitrogen and oxygen atoms in total. The maximum Gasteiger partial charge on any atom is 0.249 e. The molecule has 1 aliphatic heterocycles. The predicted octanol–water partition coefficient (Wildman–Crippen LogP) is 2.29. The number of nitrogens with one attached hydrogen (secondary N) is 1. The topological polar surface area (TPSA) is 38.3 Å². The maximum atomic E-state index is 11.6. The van der Waals surface area contributed by atoms with E-state index in [9.17, 15) is 4.79 Å². The van der Waals surface area contributed by atoms with Crippen LogP contribution < -0.4 is 5.32 Å². The molecule has 1 atom stereocenters. The van der Waals surface area contributed by atoms with Crippen LogP contribution in [0.25, 0.3) is 0 Å². The van der Waals surface area contributed by atoms with Gasteiger partial charge < -0.3 is 10.1 Å². The molecule has 1 amide bonds. The van der Waals surface area contributed by atoms with Crippen LogP contribution in [0, 0.1) is 0 Å². The summed E-state index contributed by atoms with van der Waals surface area (Å²) in [5.74, 6) is 0.0274. The number of amides is 1. The molecule has 0 bridgehead atoms. The zero-order chi connectivity index (χ0) is 12.1. The van der Waals surface area contributed by atoms with Gasteiger partial charge in [-0.25, -0.2) is 0 Å². The minimum absolute atomic E-state index is 0.0274. The van der Waals surface area contributed by atoms with Crippen molar-refractivity contribution in [3.63, 3.8) is 0 Å². The molecule has 0 radical (unpaired) electrons. The summed E-state index contributed by atoms with van der Waals surface area (Å²) in [6.07, 6.45) is 2.47. The molecule has 1 saturated heterocycles. The Labute approximate surface area is 110 Å². The average Bonchev–Trinajstić information content (AvgIpc) is 2.85. The summed E-state index contributed by atoms with van der Waals surface area (Å²) in [5, 5.41) is 2.91. The molecule has 92 valence electrons. The first-order valence-electron chi connectivity index (χ1n) is 5.89. The number of rotatable bonds is 4. The van der Waals surface area contributed by atoms with Gasteiger partial charge in [-0.2, -0.15) is 0 Å². The summed E-state index contributed by atoms with van der Waals surface area (Å²) < 4.78 is 6.39.